The van der Waals surface area contributed by atoms with Crippen molar-refractivity contribution in [1.29, 1.82) is 0 Å². The number of rotatable bonds is 5. The minimum atomic E-state index is -0.176. The van der Waals surface area contributed by atoms with Gasteiger partial charge in [-0.2, -0.15) is 0 Å². The summed E-state index contributed by atoms with van der Waals surface area (Å²) < 4.78 is 11.1. The van der Waals surface area contributed by atoms with Gasteiger partial charge in [0, 0.05) is 5.56 Å². The highest BCUT2D eigenvalue weighted by Crippen LogP contribution is 2.38. The fourth-order valence-electron chi connectivity index (χ4n) is 1.89. The molecule has 3 nitrogen and oxygen atoms in total. The first-order valence-electron chi connectivity index (χ1n) is 6.20. The van der Waals surface area contributed by atoms with Crippen molar-refractivity contribution < 1.29 is 14.3 Å². The molecule has 0 aliphatic carbocycles. The Labute approximate surface area is 123 Å². The van der Waals surface area contributed by atoms with Crippen molar-refractivity contribution >= 4 is 17.9 Å². The van der Waals surface area contributed by atoms with Gasteiger partial charge in [-0.25, -0.2) is 0 Å². The van der Waals surface area contributed by atoms with Gasteiger partial charge in [-0.15, -0.1) is 0 Å². The summed E-state index contributed by atoms with van der Waals surface area (Å²) in [4.78, 5) is 10.8. The number of hydrogen-bond acceptors (Lipinski definition) is 3. The van der Waals surface area contributed by atoms with E-state index in [9.17, 15) is 4.79 Å². The Morgan fingerprint density at radius 1 is 1.20 bits per heavy atom. The molecular formula is C16H15ClO3. The molecule has 0 N–H and O–H groups in total. The lowest BCUT2D eigenvalue weighted by molar-refractivity contribution is 0.112. The molecule has 0 aliphatic rings. The Morgan fingerprint density at radius 2 is 1.90 bits per heavy atom. The predicted octanol–water partition coefficient (Wildman–Crippen LogP) is 4.30. The van der Waals surface area contributed by atoms with Crippen LogP contribution in [0.2, 0.25) is 5.02 Å². The van der Waals surface area contributed by atoms with Crippen LogP contribution in [0, 0.1) is 0 Å². The van der Waals surface area contributed by atoms with Crippen LogP contribution in [0.5, 0.6) is 11.5 Å². The largest absolute Gasteiger partial charge is 0.493 e. The fourth-order valence-corrected chi connectivity index (χ4v) is 2.15. The predicted molar refractivity (Wildman–Crippen MR) is 78.9 cm³/mol. The van der Waals surface area contributed by atoms with Gasteiger partial charge >= 0.3 is 0 Å². The Hall–Kier alpha value is -2.00. The summed E-state index contributed by atoms with van der Waals surface area (Å²) >= 11 is 6.16. The first-order valence-corrected chi connectivity index (χ1v) is 6.57. The number of carbonyl (C=O) groups is 1. The number of aldehydes is 1. The third-order valence-electron chi connectivity index (χ3n) is 2.95. The van der Waals surface area contributed by atoms with Crippen molar-refractivity contribution in [3.8, 4) is 11.5 Å². The lowest BCUT2D eigenvalue weighted by Gasteiger charge is -2.18. The highest BCUT2D eigenvalue weighted by molar-refractivity contribution is 6.32. The van der Waals surface area contributed by atoms with E-state index in [1.165, 1.54) is 7.11 Å². The zero-order chi connectivity index (χ0) is 14.5. The van der Waals surface area contributed by atoms with Crippen LogP contribution < -0.4 is 9.47 Å². The minimum absolute atomic E-state index is 0.176. The van der Waals surface area contributed by atoms with Gasteiger partial charge in [-0.3, -0.25) is 4.79 Å². The Balaban J connectivity index is 2.31. The van der Waals surface area contributed by atoms with Gasteiger partial charge in [-0.05, 0) is 24.6 Å². The van der Waals surface area contributed by atoms with Crippen LogP contribution in [0.4, 0.5) is 0 Å². The molecule has 1 atom stereocenters. The molecule has 4 heteroatoms. The standard InChI is InChI=1S/C16H15ClO3/c1-11(13-6-4-3-5-7-13)20-16-14(17)8-12(10-18)9-15(16)19-2/h3-11H,1-2H3. The highest BCUT2D eigenvalue weighted by Gasteiger charge is 2.15. The van der Waals surface area contributed by atoms with Crippen LogP contribution in [0.25, 0.3) is 0 Å². The monoisotopic (exact) mass is 290 g/mol. The molecule has 2 rings (SSSR count). The number of benzene rings is 2. The number of carbonyl (C=O) groups excluding carboxylic acids is 1. The minimum Gasteiger partial charge on any atom is -0.493 e. The zero-order valence-corrected chi connectivity index (χ0v) is 12.1. The van der Waals surface area contributed by atoms with Crippen LogP contribution in [0.1, 0.15) is 28.9 Å². The van der Waals surface area contributed by atoms with E-state index in [0.29, 0.717) is 22.1 Å². The molecule has 0 aromatic heterocycles. The molecule has 20 heavy (non-hydrogen) atoms. The highest BCUT2D eigenvalue weighted by atomic mass is 35.5. The maximum Gasteiger partial charge on any atom is 0.180 e. The lowest BCUT2D eigenvalue weighted by Crippen LogP contribution is -2.05. The second-order valence-corrected chi connectivity index (χ2v) is 4.73. The van der Waals surface area contributed by atoms with E-state index in [1.807, 2.05) is 37.3 Å². The summed E-state index contributed by atoms with van der Waals surface area (Å²) in [6.07, 6.45) is 0.545. The Kier molecular flexibility index (Phi) is 4.64. The average Bonchev–Trinajstić information content (AvgIpc) is 2.49. The van der Waals surface area contributed by atoms with E-state index in [1.54, 1.807) is 12.1 Å². The maximum atomic E-state index is 10.8. The maximum absolute atomic E-state index is 10.8. The van der Waals surface area contributed by atoms with Gasteiger partial charge in [0.25, 0.3) is 0 Å². The van der Waals surface area contributed by atoms with Gasteiger partial charge in [0.15, 0.2) is 11.5 Å². The molecule has 0 fully saturated rings. The van der Waals surface area contributed by atoms with Crippen molar-refractivity contribution in [2.75, 3.05) is 7.11 Å². The fraction of sp³-hybridized carbons (Fsp3) is 0.188. The van der Waals surface area contributed by atoms with Crippen LogP contribution in [-0.4, -0.2) is 13.4 Å². The molecule has 0 radical (unpaired) electrons. The molecule has 0 bridgehead atoms. The number of hydrogen-bond donors (Lipinski definition) is 0. The summed E-state index contributed by atoms with van der Waals surface area (Å²) in [5, 5.41) is 0.356. The molecule has 1 unspecified atom stereocenters. The molecule has 0 spiro atoms. The van der Waals surface area contributed by atoms with Crippen molar-refractivity contribution in [2.45, 2.75) is 13.0 Å². The summed E-state index contributed by atoms with van der Waals surface area (Å²) in [5.74, 6) is 0.888. The smallest absolute Gasteiger partial charge is 0.180 e. The normalized spacial score (nSPS) is 11.8. The van der Waals surface area contributed by atoms with E-state index in [4.69, 9.17) is 21.1 Å². The molecule has 0 saturated heterocycles. The molecule has 104 valence electrons. The van der Waals surface area contributed by atoms with E-state index in [2.05, 4.69) is 0 Å². The topological polar surface area (TPSA) is 35.5 Å². The van der Waals surface area contributed by atoms with Crippen molar-refractivity contribution in [1.82, 2.24) is 0 Å². The van der Waals surface area contributed by atoms with Crippen molar-refractivity contribution in [2.24, 2.45) is 0 Å². The van der Waals surface area contributed by atoms with E-state index in [-0.39, 0.29) is 6.10 Å². The van der Waals surface area contributed by atoms with Crippen LogP contribution in [0.15, 0.2) is 42.5 Å². The molecular weight excluding hydrogens is 276 g/mol. The second-order valence-electron chi connectivity index (χ2n) is 4.32. The molecule has 2 aromatic rings. The van der Waals surface area contributed by atoms with E-state index in [0.717, 1.165) is 11.8 Å². The molecule has 0 aliphatic heterocycles. The Bertz CT molecular complexity index is 596. The second kappa shape index (κ2) is 6.44. The van der Waals surface area contributed by atoms with Crippen LogP contribution in [-0.2, 0) is 0 Å². The molecule has 0 saturated carbocycles. The third kappa shape index (κ3) is 3.11. The van der Waals surface area contributed by atoms with Gasteiger partial charge in [-0.1, -0.05) is 41.9 Å². The Morgan fingerprint density at radius 3 is 2.50 bits per heavy atom. The average molecular weight is 291 g/mol. The SMILES string of the molecule is COc1cc(C=O)cc(Cl)c1OC(C)c1ccccc1. The zero-order valence-electron chi connectivity index (χ0n) is 11.3. The van der Waals surface area contributed by atoms with E-state index >= 15 is 0 Å². The lowest BCUT2D eigenvalue weighted by atomic mass is 10.1. The van der Waals surface area contributed by atoms with Crippen LogP contribution in [0.3, 0.4) is 0 Å². The van der Waals surface area contributed by atoms with Gasteiger partial charge in [0.1, 0.15) is 12.4 Å². The number of halogens is 1. The molecule has 2 aromatic carbocycles. The number of methoxy groups -OCH3 is 1. The van der Waals surface area contributed by atoms with Crippen molar-refractivity contribution in [3.05, 3.63) is 58.6 Å². The van der Waals surface area contributed by atoms with Crippen molar-refractivity contribution in [3.63, 3.8) is 0 Å². The summed E-state index contributed by atoms with van der Waals surface area (Å²) in [7, 11) is 1.51. The quantitative estimate of drug-likeness (QED) is 0.770. The summed E-state index contributed by atoms with van der Waals surface area (Å²) in [6.45, 7) is 1.93. The van der Waals surface area contributed by atoms with Gasteiger partial charge in [0.2, 0.25) is 0 Å². The van der Waals surface area contributed by atoms with Gasteiger partial charge < -0.3 is 9.47 Å². The van der Waals surface area contributed by atoms with Gasteiger partial charge in [0.05, 0.1) is 12.1 Å². The van der Waals surface area contributed by atoms with Crippen LogP contribution >= 0.6 is 11.6 Å². The first kappa shape index (κ1) is 14.4. The summed E-state index contributed by atoms with van der Waals surface area (Å²) in [6, 6.07) is 13.0. The van der Waals surface area contributed by atoms with E-state index < -0.39 is 0 Å². The summed E-state index contributed by atoms with van der Waals surface area (Å²) in [5.41, 5.74) is 1.48. The molecule has 0 heterocycles. The molecule has 0 amide bonds. The number of ether oxygens (including phenoxy) is 2. The first-order chi connectivity index (χ1) is 9.65. The third-order valence-corrected chi connectivity index (χ3v) is 3.23.